The van der Waals surface area contributed by atoms with Gasteiger partial charge >= 0.3 is 6.03 Å². The molecule has 0 saturated carbocycles. The van der Waals surface area contributed by atoms with E-state index >= 15 is 0 Å². The van der Waals surface area contributed by atoms with E-state index in [1.165, 1.54) is 0 Å². The van der Waals surface area contributed by atoms with Crippen molar-refractivity contribution in [3.8, 4) is 0 Å². The molecule has 0 aliphatic carbocycles. The van der Waals surface area contributed by atoms with Gasteiger partial charge in [0.05, 0.1) is 17.4 Å². The maximum atomic E-state index is 12.6. The predicted molar refractivity (Wildman–Crippen MR) is 122 cm³/mol. The van der Waals surface area contributed by atoms with Gasteiger partial charge in [-0.1, -0.05) is 42.5 Å². The quantitative estimate of drug-likeness (QED) is 0.561. The molecule has 0 aromatic heterocycles. The van der Waals surface area contributed by atoms with Crippen molar-refractivity contribution in [2.45, 2.75) is 31.9 Å². The van der Waals surface area contributed by atoms with E-state index in [1.54, 1.807) is 36.2 Å². The maximum absolute atomic E-state index is 12.6. The second-order valence-corrected chi connectivity index (χ2v) is 7.76. The van der Waals surface area contributed by atoms with Crippen LogP contribution >= 0.6 is 0 Å². The second-order valence-electron chi connectivity index (χ2n) is 7.76. The van der Waals surface area contributed by atoms with Crippen molar-refractivity contribution in [1.82, 2.24) is 15.5 Å². The molecule has 3 N–H and O–H groups in total. The highest BCUT2D eigenvalue weighted by molar-refractivity contribution is 6.03. The summed E-state index contributed by atoms with van der Waals surface area (Å²) in [4.78, 5) is 38.7. The van der Waals surface area contributed by atoms with E-state index in [1.807, 2.05) is 30.3 Å². The third-order valence-electron chi connectivity index (χ3n) is 5.20. The normalized spacial score (nSPS) is 15.1. The summed E-state index contributed by atoms with van der Waals surface area (Å²) in [6, 6.07) is 16.3. The molecule has 1 heterocycles. The number of rotatable bonds is 9. The number of hydrogen-bond donors (Lipinski definition) is 3. The summed E-state index contributed by atoms with van der Waals surface area (Å²) >= 11 is 0. The van der Waals surface area contributed by atoms with Gasteiger partial charge in [-0.2, -0.15) is 0 Å². The standard InChI is InChI=1S/C24H30N4O4/c1-28(17-18-8-3-2-4-9-18)24(31)25-14-13-22(29)27-21-12-6-5-11-20(21)23(30)26-16-19-10-7-15-32-19/h2-6,8-9,11-12,19H,7,10,13-17H2,1H3,(H,25,31)(H,26,30)(H,27,29). The van der Waals surface area contributed by atoms with Crippen molar-refractivity contribution in [3.63, 3.8) is 0 Å². The molecule has 1 unspecified atom stereocenters. The van der Waals surface area contributed by atoms with Crippen molar-refractivity contribution in [3.05, 3.63) is 65.7 Å². The molecule has 170 valence electrons. The van der Waals surface area contributed by atoms with E-state index in [-0.39, 0.29) is 36.9 Å². The molecule has 1 atom stereocenters. The van der Waals surface area contributed by atoms with Crippen LogP contribution in [-0.2, 0) is 16.1 Å². The number of carbonyl (C=O) groups is 3. The lowest BCUT2D eigenvalue weighted by atomic mass is 10.1. The minimum absolute atomic E-state index is 0.0457. The molecule has 1 aliphatic heterocycles. The van der Waals surface area contributed by atoms with Crippen LogP contribution in [0, 0.1) is 0 Å². The molecule has 32 heavy (non-hydrogen) atoms. The highest BCUT2D eigenvalue weighted by Crippen LogP contribution is 2.16. The first-order valence-corrected chi connectivity index (χ1v) is 10.8. The lowest BCUT2D eigenvalue weighted by Crippen LogP contribution is -2.38. The smallest absolute Gasteiger partial charge is 0.317 e. The van der Waals surface area contributed by atoms with Gasteiger partial charge in [0.2, 0.25) is 5.91 Å². The van der Waals surface area contributed by atoms with Crippen molar-refractivity contribution in [2.24, 2.45) is 0 Å². The summed E-state index contributed by atoms with van der Waals surface area (Å²) in [7, 11) is 1.70. The van der Waals surface area contributed by atoms with Crippen molar-refractivity contribution >= 4 is 23.5 Å². The number of nitrogens with one attached hydrogen (secondary N) is 3. The number of carbonyl (C=O) groups excluding carboxylic acids is 3. The van der Waals surface area contributed by atoms with Gasteiger partial charge in [-0.3, -0.25) is 9.59 Å². The molecule has 1 saturated heterocycles. The largest absolute Gasteiger partial charge is 0.376 e. The minimum atomic E-state index is -0.282. The number of benzene rings is 2. The van der Waals surface area contributed by atoms with E-state index in [0.29, 0.717) is 24.3 Å². The molecule has 0 spiro atoms. The molecule has 3 rings (SSSR count). The van der Waals surface area contributed by atoms with Gasteiger partial charge in [0.15, 0.2) is 0 Å². The van der Waals surface area contributed by atoms with Crippen molar-refractivity contribution < 1.29 is 19.1 Å². The Morgan fingerprint density at radius 2 is 1.78 bits per heavy atom. The molecule has 2 aromatic carbocycles. The third-order valence-corrected chi connectivity index (χ3v) is 5.20. The van der Waals surface area contributed by atoms with Crippen LogP contribution in [0.5, 0.6) is 0 Å². The first kappa shape index (κ1) is 23.3. The SMILES string of the molecule is CN(Cc1ccccc1)C(=O)NCCC(=O)Nc1ccccc1C(=O)NCC1CCCO1. The number of hydrogen-bond acceptors (Lipinski definition) is 4. The van der Waals surface area contributed by atoms with Crippen LogP contribution in [0.2, 0.25) is 0 Å². The first-order chi connectivity index (χ1) is 15.5. The fraction of sp³-hybridized carbons (Fsp3) is 0.375. The predicted octanol–water partition coefficient (Wildman–Crippen LogP) is 2.77. The molecular weight excluding hydrogens is 408 g/mol. The Morgan fingerprint density at radius 1 is 1.03 bits per heavy atom. The van der Waals surface area contributed by atoms with Crippen molar-refractivity contribution in [1.29, 1.82) is 0 Å². The third kappa shape index (κ3) is 7.09. The summed E-state index contributed by atoms with van der Waals surface area (Å²) in [5, 5.41) is 8.37. The van der Waals surface area contributed by atoms with Gasteiger partial charge in [0.25, 0.3) is 5.91 Å². The number of para-hydroxylation sites is 1. The lowest BCUT2D eigenvalue weighted by molar-refractivity contribution is -0.116. The average molecular weight is 439 g/mol. The monoisotopic (exact) mass is 438 g/mol. The maximum Gasteiger partial charge on any atom is 0.317 e. The van der Waals surface area contributed by atoms with Crippen LogP contribution in [0.25, 0.3) is 0 Å². The van der Waals surface area contributed by atoms with E-state index < -0.39 is 0 Å². The molecular formula is C24H30N4O4. The molecule has 1 aliphatic rings. The molecule has 2 aromatic rings. The topological polar surface area (TPSA) is 99.8 Å². The highest BCUT2D eigenvalue weighted by Gasteiger charge is 2.18. The van der Waals surface area contributed by atoms with Gasteiger partial charge in [-0.15, -0.1) is 0 Å². The number of anilines is 1. The zero-order chi connectivity index (χ0) is 22.8. The molecule has 8 heteroatoms. The molecule has 8 nitrogen and oxygen atoms in total. The number of nitrogens with zero attached hydrogens (tertiary/aromatic N) is 1. The van der Waals surface area contributed by atoms with E-state index in [4.69, 9.17) is 4.74 Å². The summed E-state index contributed by atoms with van der Waals surface area (Å²) in [6.07, 6.45) is 2.08. The highest BCUT2D eigenvalue weighted by atomic mass is 16.5. The van der Waals surface area contributed by atoms with Gasteiger partial charge in [-0.25, -0.2) is 4.79 Å². The van der Waals surface area contributed by atoms with Gasteiger partial charge in [0.1, 0.15) is 0 Å². The average Bonchev–Trinajstić information content (AvgIpc) is 3.32. The van der Waals surface area contributed by atoms with Crippen LogP contribution in [0.1, 0.15) is 35.2 Å². The number of urea groups is 1. The fourth-order valence-corrected chi connectivity index (χ4v) is 3.46. The van der Waals surface area contributed by atoms with E-state index in [2.05, 4.69) is 16.0 Å². The Labute approximate surface area is 188 Å². The summed E-state index contributed by atoms with van der Waals surface area (Å²) in [5.41, 5.74) is 1.86. The zero-order valence-electron chi connectivity index (χ0n) is 18.3. The Kier molecular flexibility index (Phi) is 8.62. The molecule has 1 fully saturated rings. The summed E-state index contributed by atoms with van der Waals surface area (Å²) < 4.78 is 5.53. The lowest BCUT2D eigenvalue weighted by Gasteiger charge is -2.18. The summed E-state index contributed by atoms with van der Waals surface area (Å²) in [5.74, 6) is -0.539. The van der Waals surface area contributed by atoms with E-state index in [0.717, 1.165) is 25.0 Å². The Balaban J connectivity index is 1.43. The van der Waals surface area contributed by atoms with Gasteiger partial charge < -0.3 is 25.6 Å². The van der Waals surface area contributed by atoms with Crippen LogP contribution in [0.4, 0.5) is 10.5 Å². The van der Waals surface area contributed by atoms with Crippen LogP contribution in [0.3, 0.4) is 0 Å². The molecule has 0 radical (unpaired) electrons. The minimum Gasteiger partial charge on any atom is -0.376 e. The molecule has 4 amide bonds. The Bertz CT molecular complexity index is 913. The Hall–Kier alpha value is -3.39. The summed E-state index contributed by atoms with van der Waals surface area (Å²) in [6.45, 7) is 1.85. The van der Waals surface area contributed by atoms with Crippen LogP contribution in [-0.4, -0.2) is 55.6 Å². The zero-order valence-corrected chi connectivity index (χ0v) is 18.3. The van der Waals surface area contributed by atoms with E-state index in [9.17, 15) is 14.4 Å². The molecule has 0 bridgehead atoms. The Morgan fingerprint density at radius 3 is 2.53 bits per heavy atom. The second kappa shape index (κ2) is 11.9. The van der Waals surface area contributed by atoms with Crippen LogP contribution < -0.4 is 16.0 Å². The van der Waals surface area contributed by atoms with Crippen molar-refractivity contribution in [2.75, 3.05) is 32.1 Å². The van der Waals surface area contributed by atoms with Gasteiger partial charge in [-0.05, 0) is 30.5 Å². The number of ether oxygens (including phenoxy) is 1. The number of amides is 4. The van der Waals surface area contributed by atoms with Gasteiger partial charge in [0, 0.05) is 39.7 Å². The fourth-order valence-electron chi connectivity index (χ4n) is 3.46. The van der Waals surface area contributed by atoms with Crippen LogP contribution in [0.15, 0.2) is 54.6 Å². The first-order valence-electron chi connectivity index (χ1n) is 10.8.